The Bertz CT molecular complexity index is 625. The van der Waals surface area contributed by atoms with Gasteiger partial charge in [-0.15, -0.1) is 5.10 Å². The van der Waals surface area contributed by atoms with Crippen molar-refractivity contribution < 1.29 is 0 Å². The standard InChI is InChI=1S/C14H15ClN4/c1-3-4-5-14-13(9-16)17-18-19(14)11-7-6-10(2)12(15)8-11/h6-8H,3-5H2,1-2H3. The van der Waals surface area contributed by atoms with Crippen LogP contribution in [-0.2, 0) is 6.42 Å². The monoisotopic (exact) mass is 274 g/mol. The number of aryl methyl sites for hydroxylation is 1. The highest BCUT2D eigenvalue weighted by Gasteiger charge is 2.14. The lowest BCUT2D eigenvalue weighted by Crippen LogP contribution is -2.03. The Balaban J connectivity index is 2.46. The molecule has 1 aromatic carbocycles. The van der Waals surface area contributed by atoms with E-state index in [0.717, 1.165) is 36.2 Å². The predicted octanol–water partition coefficient (Wildman–Crippen LogP) is 3.44. The molecule has 1 aromatic heterocycles. The number of benzene rings is 1. The maximum Gasteiger partial charge on any atom is 0.186 e. The third-order valence-corrected chi connectivity index (χ3v) is 3.44. The Morgan fingerprint density at radius 2 is 2.21 bits per heavy atom. The second-order valence-electron chi connectivity index (χ2n) is 4.45. The van der Waals surface area contributed by atoms with Crippen molar-refractivity contribution in [2.24, 2.45) is 0 Å². The quantitative estimate of drug-likeness (QED) is 0.858. The van der Waals surface area contributed by atoms with Crippen LogP contribution in [-0.4, -0.2) is 15.0 Å². The van der Waals surface area contributed by atoms with Crippen LogP contribution >= 0.6 is 11.6 Å². The van der Waals surface area contributed by atoms with Gasteiger partial charge in [-0.2, -0.15) is 5.26 Å². The molecule has 0 aliphatic heterocycles. The number of nitrogens with zero attached hydrogens (tertiary/aromatic N) is 4. The summed E-state index contributed by atoms with van der Waals surface area (Å²) >= 11 is 6.13. The van der Waals surface area contributed by atoms with Crippen LogP contribution in [0.5, 0.6) is 0 Å². The van der Waals surface area contributed by atoms with Gasteiger partial charge in [-0.25, -0.2) is 4.68 Å². The van der Waals surface area contributed by atoms with Gasteiger partial charge in [0.25, 0.3) is 0 Å². The Morgan fingerprint density at radius 1 is 1.42 bits per heavy atom. The molecule has 2 aromatic rings. The first kappa shape index (κ1) is 13.6. The van der Waals surface area contributed by atoms with Gasteiger partial charge >= 0.3 is 0 Å². The average Bonchev–Trinajstić information content (AvgIpc) is 2.82. The van der Waals surface area contributed by atoms with Crippen molar-refractivity contribution in [2.45, 2.75) is 33.1 Å². The van der Waals surface area contributed by atoms with Crippen LogP contribution in [0.15, 0.2) is 18.2 Å². The lowest BCUT2D eigenvalue weighted by atomic mass is 10.1. The minimum absolute atomic E-state index is 0.394. The molecule has 0 amide bonds. The van der Waals surface area contributed by atoms with E-state index < -0.39 is 0 Å². The van der Waals surface area contributed by atoms with Gasteiger partial charge in [-0.05, 0) is 37.5 Å². The molecule has 0 aliphatic rings. The summed E-state index contributed by atoms with van der Waals surface area (Å²) in [4.78, 5) is 0. The maximum absolute atomic E-state index is 9.08. The van der Waals surface area contributed by atoms with Crippen LogP contribution in [0, 0.1) is 18.3 Å². The van der Waals surface area contributed by atoms with E-state index in [1.54, 1.807) is 4.68 Å². The van der Waals surface area contributed by atoms with E-state index in [4.69, 9.17) is 16.9 Å². The molecule has 0 N–H and O–H groups in total. The maximum atomic E-state index is 9.08. The molecule has 0 bridgehead atoms. The summed E-state index contributed by atoms with van der Waals surface area (Å²) in [5.41, 5.74) is 3.10. The van der Waals surface area contributed by atoms with Crippen LogP contribution in [0.3, 0.4) is 0 Å². The number of rotatable bonds is 4. The second kappa shape index (κ2) is 5.85. The first-order chi connectivity index (χ1) is 9.17. The topological polar surface area (TPSA) is 54.5 Å². The Hall–Kier alpha value is -1.86. The molecule has 0 fully saturated rings. The SMILES string of the molecule is CCCCc1c(C#N)nnn1-c1ccc(C)c(Cl)c1. The lowest BCUT2D eigenvalue weighted by Gasteiger charge is -2.07. The Labute approximate surface area is 117 Å². The van der Waals surface area contributed by atoms with Crippen LogP contribution in [0.25, 0.3) is 5.69 Å². The fraction of sp³-hybridized carbons (Fsp3) is 0.357. The van der Waals surface area contributed by atoms with Crippen LogP contribution < -0.4 is 0 Å². The highest BCUT2D eigenvalue weighted by atomic mass is 35.5. The Morgan fingerprint density at radius 3 is 2.84 bits per heavy atom. The zero-order valence-corrected chi connectivity index (χ0v) is 11.8. The smallest absolute Gasteiger partial charge is 0.186 e. The molecule has 0 radical (unpaired) electrons. The van der Waals surface area contributed by atoms with Crippen molar-refractivity contribution in [3.05, 3.63) is 40.2 Å². The zero-order chi connectivity index (χ0) is 13.8. The first-order valence-corrected chi connectivity index (χ1v) is 6.66. The molecule has 98 valence electrons. The summed E-state index contributed by atoms with van der Waals surface area (Å²) in [6.07, 6.45) is 2.85. The van der Waals surface area contributed by atoms with Gasteiger partial charge in [-0.3, -0.25) is 0 Å². The molecule has 0 saturated carbocycles. The number of hydrogen-bond donors (Lipinski definition) is 0. The molecule has 0 unspecified atom stereocenters. The van der Waals surface area contributed by atoms with E-state index in [1.165, 1.54) is 0 Å². The minimum Gasteiger partial charge on any atom is -0.216 e. The second-order valence-corrected chi connectivity index (χ2v) is 4.85. The molecule has 0 spiro atoms. The van der Waals surface area contributed by atoms with Gasteiger partial charge < -0.3 is 0 Å². The summed E-state index contributed by atoms with van der Waals surface area (Å²) in [5.74, 6) is 0. The number of hydrogen-bond acceptors (Lipinski definition) is 3. The van der Waals surface area contributed by atoms with E-state index in [1.807, 2.05) is 25.1 Å². The molecular weight excluding hydrogens is 260 g/mol. The van der Waals surface area contributed by atoms with Crippen LogP contribution in [0.1, 0.15) is 36.7 Å². The van der Waals surface area contributed by atoms with Crippen LogP contribution in [0.2, 0.25) is 5.02 Å². The predicted molar refractivity (Wildman–Crippen MR) is 74.4 cm³/mol. The number of nitriles is 1. The summed E-state index contributed by atoms with van der Waals surface area (Å²) in [6.45, 7) is 4.06. The molecule has 4 nitrogen and oxygen atoms in total. The Kier molecular flexibility index (Phi) is 4.18. The molecule has 19 heavy (non-hydrogen) atoms. The van der Waals surface area contributed by atoms with Gasteiger partial charge in [-0.1, -0.05) is 36.2 Å². The highest BCUT2D eigenvalue weighted by Crippen LogP contribution is 2.21. The first-order valence-electron chi connectivity index (χ1n) is 6.28. The summed E-state index contributed by atoms with van der Waals surface area (Å²) in [5, 5.41) is 17.8. The fourth-order valence-corrected chi connectivity index (χ4v) is 2.05. The van der Waals surface area contributed by atoms with Crippen molar-refractivity contribution in [3.8, 4) is 11.8 Å². The van der Waals surface area contributed by atoms with Gasteiger partial charge in [0.1, 0.15) is 6.07 Å². The van der Waals surface area contributed by atoms with E-state index in [2.05, 4.69) is 23.3 Å². The number of halogens is 1. The molecule has 0 atom stereocenters. The van der Waals surface area contributed by atoms with E-state index >= 15 is 0 Å². The van der Waals surface area contributed by atoms with Crippen molar-refractivity contribution in [3.63, 3.8) is 0 Å². The molecule has 2 rings (SSSR count). The molecule has 5 heteroatoms. The third kappa shape index (κ3) is 2.77. The van der Waals surface area contributed by atoms with Gasteiger partial charge in [0, 0.05) is 5.02 Å². The normalized spacial score (nSPS) is 10.4. The van der Waals surface area contributed by atoms with Gasteiger partial charge in [0.05, 0.1) is 11.4 Å². The van der Waals surface area contributed by atoms with Crippen molar-refractivity contribution in [2.75, 3.05) is 0 Å². The fourth-order valence-electron chi connectivity index (χ4n) is 1.88. The van der Waals surface area contributed by atoms with Crippen molar-refractivity contribution >= 4 is 11.6 Å². The largest absolute Gasteiger partial charge is 0.216 e. The van der Waals surface area contributed by atoms with E-state index in [0.29, 0.717) is 10.7 Å². The number of aromatic nitrogens is 3. The lowest BCUT2D eigenvalue weighted by molar-refractivity contribution is 0.715. The summed E-state index contributed by atoms with van der Waals surface area (Å²) in [7, 11) is 0. The third-order valence-electron chi connectivity index (χ3n) is 3.04. The van der Waals surface area contributed by atoms with Crippen LogP contribution in [0.4, 0.5) is 0 Å². The molecule has 0 aliphatic carbocycles. The minimum atomic E-state index is 0.394. The summed E-state index contributed by atoms with van der Waals surface area (Å²) < 4.78 is 1.71. The van der Waals surface area contributed by atoms with E-state index in [9.17, 15) is 0 Å². The average molecular weight is 275 g/mol. The van der Waals surface area contributed by atoms with E-state index in [-0.39, 0.29) is 0 Å². The van der Waals surface area contributed by atoms with Crippen molar-refractivity contribution in [1.82, 2.24) is 15.0 Å². The van der Waals surface area contributed by atoms with Crippen molar-refractivity contribution in [1.29, 1.82) is 5.26 Å². The van der Waals surface area contributed by atoms with Gasteiger partial charge in [0.2, 0.25) is 0 Å². The summed E-state index contributed by atoms with van der Waals surface area (Å²) in [6, 6.07) is 7.82. The molecular formula is C14H15ClN4. The highest BCUT2D eigenvalue weighted by molar-refractivity contribution is 6.31. The number of unbranched alkanes of at least 4 members (excludes halogenated alkanes) is 1. The molecule has 1 heterocycles. The van der Waals surface area contributed by atoms with Gasteiger partial charge in [0.15, 0.2) is 5.69 Å². The zero-order valence-electron chi connectivity index (χ0n) is 11.0. The molecule has 0 saturated heterocycles.